The van der Waals surface area contributed by atoms with Crippen LogP contribution < -0.4 is 97.4 Å². The molecule has 0 N–H and O–H groups in total. The fourth-order valence-electron chi connectivity index (χ4n) is 0. The molecule has 0 radical (unpaired) electrons. The maximum Gasteiger partial charge on any atom is 3.00 e. The zero-order chi connectivity index (χ0) is 7.15. The van der Waals surface area contributed by atoms with Gasteiger partial charge in [0.1, 0.15) is 0 Å². The first-order valence-corrected chi connectivity index (χ1v) is 1.41. The van der Waals surface area contributed by atoms with E-state index in [0.29, 0.717) is 0 Å². The van der Waals surface area contributed by atoms with Crippen LogP contribution in [0.4, 0.5) is 0 Å². The van der Waals surface area contributed by atoms with Crippen molar-refractivity contribution in [3.63, 3.8) is 0 Å². The van der Waals surface area contributed by atoms with Gasteiger partial charge >= 0.3 is 100.0 Å². The molecule has 0 rings (SSSR count). The molecule has 0 amide bonds. The molecular weight excluding hydrogens is 243 g/mol. The Morgan fingerprint density at radius 2 is 0.583 bits per heavy atom. The molecule has 6 nitrogen and oxygen atoms in total. The Morgan fingerprint density at radius 1 is 0.583 bits per heavy atom. The molecule has 0 aromatic rings. The quantitative estimate of drug-likeness (QED) is 0.387. The second-order valence-electron chi connectivity index (χ2n) is 0.577. The van der Waals surface area contributed by atoms with Crippen LogP contribution in [0, 0.1) is 0 Å². The van der Waals surface area contributed by atoms with Gasteiger partial charge in [0.2, 0.25) is 0 Å². The van der Waals surface area contributed by atoms with Crippen LogP contribution in [0.3, 0.4) is 0 Å². The molecule has 0 aromatic carbocycles. The Morgan fingerprint density at radius 3 is 0.583 bits per heavy atom. The second-order valence-corrected chi connectivity index (χ2v) is 0.577. The molecule has 0 aliphatic carbocycles. The van der Waals surface area contributed by atoms with Crippen molar-refractivity contribution in [3.05, 3.63) is 0 Å². The monoisotopic (exact) mass is 244 g/mol. The second kappa shape index (κ2) is 29.2. The summed E-state index contributed by atoms with van der Waals surface area (Å²) < 4.78 is 0. The van der Waals surface area contributed by atoms with Gasteiger partial charge in [-0.15, -0.1) is 0 Å². The van der Waals surface area contributed by atoms with E-state index < -0.39 is 14.6 Å². The van der Waals surface area contributed by atoms with E-state index in [1.807, 2.05) is 0 Å². The molecule has 0 aliphatic heterocycles. The molecule has 0 bridgehead atoms. The van der Waals surface area contributed by atoms with Gasteiger partial charge in [-0.1, -0.05) is 0 Å². The Kier molecular flexibility index (Phi) is 88.2. The Hall–Kier alpha value is 3.19. The molecule has 12 heteroatoms. The number of rotatable bonds is 0. The predicted octanol–water partition coefficient (Wildman–Crippen LogP) is -16.9. The number of hydrogen-bond acceptors (Lipinski definition) is 6. The van der Waals surface area contributed by atoms with Crippen LogP contribution in [-0.4, -0.2) is 14.6 Å². The zero-order valence-corrected chi connectivity index (χ0v) is 12.0. The zero-order valence-electron chi connectivity index (χ0n) is 7.18. The van der Waals surface area contributed by atoms with E-state index in [0.717, 1.165) is 0 Å². The molecule has 0 atom stereocenters. The first-order valence-electron chi connectivity index (χ1n) is 1.41. The summed E-state index contributed by atoms with van der Waals surface area (Å²) >= 11 is 0. The van der Waals surface area contributed by atoms with E-state index in [2.05, 4.69) is 0 Å². The van der Waals surface area contributed by atoms with Crippen molar-refractivity contribution >= 4 is 14.6 Å². The van der Waals surface area contributed by atoms with Crippen LogP contribution in [-0.2, 0) is 32.7 Å². The largest absolute Gasteiger partial charge is 3.00 e. The van der Waals surface area contributed by atoms with Crippen molar-refractivity contribution in [1.82, 2.24) is 0 Å². The maximum absolute atomic E-state index is 8.42. The molecule has 0 fully saturated rings. The molecule has 0 aromatic heterocycles. The average Bonchev–Trinajstić information content (AvgIpc) is 1.25. The third kappa shape index (κ3) is 193. The van der Waals surface area contributed by atoms with Crippen molar-refractivity contribution in [2.75, 3.05) is 0 Å². The van der Waals surface area contributed by atoms with Crippen LogP contribution in [0.2, 0.25) is 0 Å². The van der Waals surface area contributed by atoms with Gasteiger partial charge in [-0.3, -0.25) is 14.6 Å². The van der Waals surface area contributed by atoms with Crippen LogP contribution >= 0.6 is 0 Å². The molecule has 0 saturated heterocycles. The molecule has 0 unspecified atom stereocenters. The Labute approximate surface area is 142 Å². The summed E-state index contributed by atoms with van der Waals surface area (Å²) in [6.07, 6.45) is 0. The van der Waals surface area contributed by atoms with Crippen molar-refractivity contribution in [2.45, 2.75) is 0 Å². The van der Waals surface area contributed by atoms with Crippen LogP contribution in [0.15, 0.2) is 0 Å². The van der Waals surface area contributed by atoms with Crippen LogP contribution in [0.5, 0.6) is 0 Å². The molecular formula is B2Li2NaO6Y. The molecule has 0 aliphatic rings. The Balaban J connectivity index is -0.0000000112. The van der Waals surface area contributed by atoms with E-state index in [-0.39, 0.29) is 100.0 Å². The predicted molar refractivity (Wildman–Crippen MR) is 11.5 cm³/mol. The van der Waals surface area contributed by atoms with Crippen molar-refractivity contribution in [2.24, 2.45) is 0 Å². The summed E-state index contributed by atoms with van der Waals surface area (Å²) in [5.41, 5.74) is 0. The number of hydrogen-bond donors (Lipinski definition) is 0. The summed E-state index contributed by atoms with van der Waals surface area (Å²) in [6, 6.07) is 0. The van der Waals surface area contributed by atoms with Crippen molar-refractivity contribution in [1.29, 1.82) is 0 Å². The topological polar surface area (TPSA) is 138 Å². The molecule has 0 spiro atoms. The summed E-state index contributed by atoms with van der Waals surface area (Å²) in [6.45, 7) is 0. The molecule has 12 heavy (non-hydrogen) atoms. The van der Waals surface area contributed by atoms with Crippen molar-refractivity contribution < 1.29 is 130 Å². The normalized spacial score (nSPS) is 4.50. The smallest absolute Gasteiger partial charge is 0.907 e. The van der Waals surface area contributed by atoms with Gasteiger partial charge in [-0.05, 0) is 0 Å². The molecule has 0 saturated carbocycles. The van der Waals surface area contributed by atoms with E-state index in [9.17, 15) is 0 Å². The fourth-order valence-corrected chi connectivity index (χ4v) is 0. The summed E-state index contributed by atoms with van der Waals surface area (Å²) in [7, 11) is -5.83. The van der Waals surface area contributed by atoms with Gasteiger partial charge in [0.05, 0.1) is 0 Å². The van der Waals surface area contributed by atoms with E-state index >= 15 is 0 Å². The van der Waals surface area contributed by atoms with Gasteiger partial charge < -0.3 is 30.1 Å². The van der Waals surface area contributed by atoms with E-state index in [1.165, 1.54) is 0 Å². The molecule has 48 valence electrons. The Bertz CT molecular complexity index is 39.0. The minimum absolute atomic E-state index is 0. The third-order valence-electron chi connectivity index (χ3n) is 0. The minimum atomic E-state index is -2.92. The van der Waals surface area contributed by atoms with Gasteiger partial charge in [-0.2, -0.15) is 0 Å². The van der Waals surface area contributed by atoms with Gasteiger partial charge in [0.15, 0.2) is 0 Å². The first kappa shape index (κ1) is 36.2. The fraction of sp³-hybridized carbons (Fsp3) is 0. The van der Waals surface area contributed by atoms with E-state index in [4.69, 9.17) is 30.1 Å². The standard InChI is InChI=1S/2BO3.2Li.Na.Y/c2*2-1(3)4;;;;/q2*-3;3*+1;+3. The van der Waals surface area contributed by atoms with Gasteiger partial charge in [-0.25, -0.2) is 0 Å². The summed E-state index contributed by atoms with van der Waals surface area (Å²) in [5.74, 6) is 0. The molecule has 0 heterocycles. The third-order valence-corrected chi connectivity index (χ3v) is 0. The van der Waals surface area contributed by atoms with E-state index in [1.54, 1.807) is 0 Å². The maximum atomic E-state index is 8.42. The van der Waals surface area contributed by atoms with Crippen LogP contribution in [0.1, 0.15) is 0 Å². The first-order chi connectivity index (χ1) is 3.46. The average molecular weight is 243 g/mol. The SMILES string of the molecule is [Li+].[Li+].[Na+].[O-]B([O-])[O-].[O-]B([O-])[O-].[Y+3]. The van der Waals surface area contributed by atoms with Gasteiger partial charge in [0, 0.05) is 0 Å². The van der Waals surface area contributed by atoms with Crippen LogP contribution in [0.25, 0.3) is 0 Å². The van der Waals surface area contributed by atoms with Crippen molar-refractivity contribution in [3.8, 4) is 0 Å². The summed E-state index contributed by atoms with van der Waals surface area (Å²) in [5, 5.41) is 50.5. The minimum Gasteiger partial charge on any atom is -0.907 e. The summed E-state index contributed by atoms with van der Waals surface area (Å²) in [4.78, 5) is 0. The van der Waals surface area contributed by atoms with Gasteiger partial charge in [0.25, 0.3) is 0 Å².